The average Bonchev–Trinajstić information content (AvgIpc) is 3.58. The minimum Gasteiger partial charge on any atom is -0.467 e. The number of para-hydroxylation sites is 2. The minimum atomic E-state index is -0.142. The van der Waals surface area contributed by atoms with E-state index in [9.17, 15) is 9.59 Å². The van der Waals surface area contributed by atoms with Gasteiger partial charge in [0.1, 0.15) is 12.3 Å². The van der Waals surface area contributed by atoms with Crippen molar-refractivity contribution < 1.29 is 14.0 Å². The van der Waals surface area contributed by atoms with Gasteiger partial charge in [0.2, 0.25) is 5.91 Å². The summed E-state index contributed by atoms with van der Waals surface area (Å²) in [5, 5.41) is 7.78. The molecule has 1 N–H and O–H groups in total. The van der Waals surface area contributed by atoms with E-state index in [-0.39, 0.29) is 18.4 Å². The highest BCUT2D eigenvalue weighted by Crippen LogP contribution is 2.37. The number of thioether (sulfide) groups is 1. The van der Waals surface area contributed by atoms with Crippen LogP contribution in [0.2, 0.25) is 0 Å². The predicted octanol–water partition coefficient (Wildman–Crippen LogP) is 4.94. The normalized spacial score (nSPS) is 16.0. The fourth-order valence-corrected chi connectivity index (χ4v) is 5.31. The van der Waals surface area contributed by atoms with Crippen LogP contribution < -0.4 is 5.32 Å². The molecule has 5 rings (SSSR count). The third-order valence-corrected chi connectivity index (χ3v) is 7.02. The molecule has 0 radical (unpaired) electrons. The van der Waals surface area contributed by atoms with Crippen LogP contribution in [0, 0.1) is 6.92 Å². The van der Waals surface area contributed by atoms with Gasteiger partial charge in [0, 0.05) is 36.3 Å². The Morgan fingerprint density at radius 1 is 1.08 bits per heavy atom. The highest BCUT2D eigenvalue weighted by Gasteiger charge is 2.35. The van der Waals surface area contributed by atoms with Crippen LogP contribution in [-0.2, 0) is 22.7 Å². The molecule has 188 valence electrons. The third-order valence-electron chi connectivity index (χ3n) is 6.06. The molecule has 4 aromatic rings. The minimum absolute atomic E-state index is 0.123. The number of fused-ring (bicyclic) bond motifs is 1. The van der Waals surface area contributed by atoms with Crippen molar-refractivity contribution >= 4 is 51.4 Å². The average molecular weight is 514 g/mol. The molecule has 1 saturated heterocycles. The number of benzene rings is 2. The predicted molar refractivity (Wildman–Crippen MR) is 147 cm³/mol. The van der Waals surface area contributed by atoms with E-state index in [1.807, 2.05) is 92.3 Å². The van der Waals surface area contributed by atoms with Gasteiger partial charge in [0.15, 0.2) is 5.17 Å². The number of rotatable bonds is 7. The quantitative estimate of drug-likeness (QED) is 0.354. The van der Waals surface area contributed by atoms with Crippen LogP contribution in [0.1, 0.15) is 17.0 Å². The number of hydrazine groups is 1. The molecule has 0 aliphatic carbocycles. The number of aromatic nitrogens is 1. The van der Waals surface area contributed by atoms with E-state index in [0.717, 1.165) is 27.8 Å². The first kappa shape index (κ1) is 24.6. The summed E-state index contributed by atoms with van der Waals surface area (Å²) in [6.45, 7) is 2.46. The maximum absolute atomic E-state index is 13.4. The number of nitrogens with one attached hydrogen (secondary N) is 1. The fourth-order valence-electron chi connectivity index (χ4n) is 4.28. The van der Waals surface area contributed by atoms with Gasteiger partial charge in [0.05, 0.1) is 23.4 Å². The van der Waals surface area contributed by atoms with Crippen molar-refractivity contribution in [3.63, 3.8) is 0 Å². The lowest BCUT2D eigenvalue weighted by Crippen LogP contribution is -2.40. The van der Waals surface area contributed by atoms with Gasteiger partial charge in [-0.3, -0.25) is 9.59 Å². The van der Waals surface area contributed by atoms with E-state index in [1.54, 1.807) is 22.3 Å². The largest absolute Gasteiger partial charge is 0.467 e. The number of amides is 2. The molecule has 0 atom stereocenters. The number of furan rings is 1. The van der Waals surface area contributed by atoms with Crippen LogP contribution in [0.3, 0.4) is 0 Å². The van der Waals surface area contributed by atoms with E-state index < -0.39 is 0 Å². The highest BCUT2D eigenvalue weighted by atomic mass is 32.2. The summed E-state index contributed by atoms with van der Waals surface area (Å²) in [6, 6.07) is 21.1. The van der Waals surface area contributed by atoms with Crippen molar-refractivity contribution in [2.24, 2.45) is 4.99 Å². The lowest BCUT2D eigenvalue weighted by molar-refractivity contribution is -0.130. The van der Waals surface area contributed by atoms with Gasteiger partial charge in [-0.25, -0.2) is 15.0 Å². The molecule has 2 amide bonds. The van der Waals surface area contributed by atoms with Crippen LogP contribution in [0.4, 0.5) is 5.69 Å². The Morgan fingerprint density at radius 2 is 1.84 bits per heavy atom. The van der Waals surface area contributed by atoms with Crippen molar-refractivity contribution in [1.82, 2.24) is 19.9 Å². The number of nitrogens with zero attached hydrogens (tertiary/aromatic N) is 4. The first-order valence-corrected chi connectivity index (χ1v) is 12.7. The number of amidine groups is 1. The fraction of sp³-hybridized carbons (Fsp3) is 0.179. The Morgan fingerprint density at radius 3 is 2.57 bits per heavy atom. The summed E-state index contributed by atoms with van der Waals surface area (Å²) in [4.78, 5) is 31.5. The molecule has 1 fully saturated rings. The molecule has 37 heavy (non-hydrogen) atoms. The molecule has 0 saturated carbocycles. The summed E-state index contributed by atoms with van der Waals surface area (Å²) in [5.41, 5.74) is 3.52. The summed E-state index contributed by atoms with van der Waals surface area (Å²) in [7, 11) is 3.64. The smallest absolute Gasteiger partial charge is 0.281 e. The first-order valence-electron chi connectivity index (χ1n) is 11.8. The highest BCUT2D eigenvalue weighted by molar-refractivity contribution is 8.18. The van der Waals surface area contributed by atoms with Crippen LogP contribution in [0.15, 0.2) is 87.3 Å². The molecule has 9 heteroatoms. The van der Waals surface area contributed by atoms with E-state index in [0.29, 0.717) is 22.4 Å². The van der Waals surface area contributed by atoms with Gasteiger partial charge >= 0.3 is 0 Å². The lowest BCUT2D eigenvalue weighted by Gasteiger charge is -2.22. The Labute approximate surface area is 219 Å². The zero-order valence-electron chi connectivity index (χ0n) is 20.8. The van der Waals surface area contributed by atoms with Crippen molar-refractivity contribution in [3.05, 3.63) is 94.9 Å². The van der Waals surface area contributed by atoms with Crippen molar-refractivity contribution in [1.29, 1.82) is 0 Å². The van der Waals surface area contributed by atoms with E-state index in [2.05, 4.69) is 5.32 Å². The Balaban J connectivity index is 1.48. The van der Waals surface area contributed by atoms with E-state index in [1.165, 1.54) is 11.8 Å². The number of hydrogen-bond acceptors (Lipinski definition) is 6. The Kier molecular flexibility index (Phi) is 6.98. The molecule has 2 aromatic heterocycles. The Bertz CT molecular complexity index is 1500. The Hall–Kier alpha value is -4.08. The second-order valence-corrected chi connectivity index (χ2v) is 9.77. The zero-order valence-corrected chi connectivity index (χ0v) is 21.7. The van der Waals surface area contributed by atoms with Crippen LogP contribution in [0.25, 0.3) is 17.0 Å². The van der Waals surface area contributed by atoms with Gasteiger partial charge in [-0.2, -0.15) is 0 Å². The van der Waals surface area contributed by atoms with Crippen molar-refractivity contribution in [2.75, 3.05) is 14.1 Å². The van der Waals surface area contributed by atoms with Gasteiger partial charge in [-0.15, -0.1) is 0 Å². The molecule has 1 aliphatic heterocycles. The van der Waals surface area contributed by atoms with Gasteiger partial charge in [-0.1, -0.05) is 36.4 Å². The lowest BCUT2D eigenvalue weighted by atomic mass is 10.1. The summed E-state index contributed by atoms with van der Waals surface area (Å²) < 4.78 is 7.29. The van der Waals surface area contributed by atoms with Crippen LogP contribution in [0.5, 0.6) is 0 Å². The summed E-state index contributed by atoms with van der Waals surface area (Å²) >= 11 is 1.34. The number of hydrogen-bond donors (Lipinski definition) is 1. The SMILES string of the molecule is Cc1c(/C=C2\SC(=Nc3ccccc3)N(N(C)C)C2=O)c2ccccc2n1CC(=O)NCc1ccco1. The molecule has 0 unspecified atom stereocenters. The van der Waals surface area contributed by atoms with Gasteiger partial charge in [-0.05, 0) is 55.1 Å². The second-order valence-electron chi connectivity index (χ2n) is 8.76. The van der Waals surface area contributed by atoms with E-state index >= 15 is 0 Å². The molecule has 2 aromatic carbocycles. The summed E-state index contributed by atoms with van der Waals surface area (Å²) in [6.07, 6.45) is 3.49. The van der Waals surface area contributed by atoms with E-state index in [4.69, 9.17) is 9.41 Å². The molecule has 1 aliphatic rings. The van der Waals surface area contributed by atoms with Gasteiger partial charge < -0.3 is 14.3 Å². The van der Waals surface area contributed by atoms with Crippen molar-refractivity contribution in [3.8, 4) is 0 Å². The first-order chi connectivity index (χ1) is 17.9. The molecule has 0 spiro atoms. The second kappa shape index (κ2) is 10.5. The maximum Gasteiger partial charge on any atom is 0.281 e. The third kappa shape index (κ3) is 5.09. The maximum atomic E-state index is 13.4. The molecule has 0 bridgehead atoms. The number of aliphatic imine (C=N–C) groups is 1. The molecule has 8 nitrogen and oxygen atoms in total. The van der Waals surface area contributed by atoms with Crippen molar-refractivity contribution in [2.45, 2.75) is 20.0 Å². The summed E-state index contributed by atoms with van der Waals surface area (Å²) in [5.74, 6) is 0.432. The monoisotopic (exact) mass is 513 g/mol. The molecular weight excluding hydrogens is 486 g/mol. The topological polar surface area (TPSA) is 83.1 Å². The number of carbonyl (C=O) groups excluding carboxylic acids is 2. The van der Waals surface area contributed by atoms with Crippen LogP contribution >= 0.6 is 11.8 Å². The molecular formula is C28H27N5O3S. The number of carbonyl (C=O) groups is 2. The molecule has 3 heterocycles. The van der Waals surface area contributed by atoms with Crippen LogP contribution in [-0.4, -0.2) is 45.7 Å². The van der Waals surface area contributed by atoms with Gasteiger partial charge in [0.25, 0.3) is 5.91 Å². The zero-order chi connectivity index (χ0) is 25.9. The standard InChI is InChI=1S/C28H27N5O3S/c1-19-23(16-25-27(35)33(31(2)3)28(37-25)30-20-10-5-4-6-11-20)22-13-7-8-14-24(22)32(19)18-26(34)29-17-21-12-9-15-36-21/h4-16H,17-18H2,1-3H3,(H,29,34)/b25-16-,30-28?.